The zero-order valence-corrected chi connectivity index (χ0v) is 13.1. The Morgan fingerprint density at radius 3 is 3.00 bits per heavy atom. The first-order valence-corrected chi connectivity index (χ1v) is 7.87. The lowest BCUT2D eigenvalue weighted by Gasteiger charge is -2.31. The van der Waals surface area contributed by atoms with Crippen LogP contribution in [0.2, 0.25) is 0 Å². The van der Waals surface area contributed by atoms with E-state index in [-0.39, 0.29) is 28.6 Å². The normalized spacial score (nSPS) is 23.5. The monoisotopic (exact) mass is 312 g/mol. The Morgan fingerprint density at radius 2 is 2.43 bits per heavy atom. The van der Waals surface area contributed by atoms with Crippen LogP contribution in [0, 0.1) is 6.92 Å². The molecule has 0 saturated carbocycles. The number of carbonyl (C=O) groups is 2. The van der Waals surface area contributed by atoms with Gasteiger partial charge < -0.3 is 15.2 Å². The molecule has 2 heterocycles. The van der Waals surface area contributed by atoms with Crippen molar-refractivity contribution in [2.75, 3.05) is 5.32 Å². The van der Waals surface area contributed by atoms with Crippen molar-refractivity contribution in [1.29, 1.82) is 0 Å². The summed E-state index contributed by atoms with van der Waals surface area (Å²) in [4.78, 5) is 23.8. The number of thioether (sulfide) groups is 1. The fourth-order valence-electron chi connectivity index (χ4n) is 2.06. The third-order valence-electron chi connectivity index (χ3n) is 3.06. The number of anilines is 1. The van der Waals surface area contributed by atoms with Crippen molar-refractivity contribution in [2.24, 2.45) is 0 Å². The molecule has 1 aromatic rings. The van der Waals surface area contributed by atoms with E-state index in [9.17, 15) is 9.59 Å². The number of hydrogen-bond donors (Lipinski definition) is 3. The van der Waals surface area contributed by atoms with E-state index in [0.717, 1.165) is 0 Å². The quantitative estimate of drug-likeness (QED) is 0.756. The molecule has 2 amide bonds. The van der Waals surface area contributed by atoms with E-state index in [2.05, 4.69) is 21.1 Å². The smallest absolute Gasteiger partial charge is 0.238 e. The van der Waals surface area contributed by atoms with Crippen LogP contribution in [0.5, 0.6) is 0 Å². The molecule has 1 aromatic heterocycles. The lowest BCUT2D eigenvalue weighted by atomic mass is 10.2. The Morgan fingerprint density at radius 1 is 1.67 bits per heavy atom. The molecule has 116 valence electrons. The Hall–Kier alpha value is -1.54. The van der Waals surface area contributed by atoms with Crippen LogP contribution in [0.25, 0.3) is 0 Å². The van der Waals surface area contributed by atoms with E-state index in [1.54, 1.807) is 13.0 Å². The molecular weight excluding hydrogens is 292 g/mol. The molecule has 1 aliphatic rings. The Bertz CT molecular complexity index is 519. The van der Waals surface area contributed by atoms with Crippen molar-refractivity contribution in [2.45, 2.75) is 50.4 Å². The molecule has 3 unspecified atom stereocenters. The highest BCUT2D eigenvalue weighted by Gasteiger charge is 2.28. The minimum absolute atomic E-state index is 0.00105. The van der Waals surface area contributed by atoms with Crippen LogP contribution in [0.1, 0.15) is 32.4 Å². The van der Waals surface area contributed by atoms with Crippen molar-refractivity contribution >= 4 is 29.4 Å². The number of aromatic nitrogens is 1. The summed E-state index contributed by atoms with van der Waals surface area (Å²) in [6.45, 7) is 5.64. The van der Waals surface area contributed by atoms with Gasteiger partial charge in [0.25, 0.3) is 0 Å². The second-order valence-corrected chi connectivity index (χ2v) is 6.38. The predicted molar refractivity (Wildman–Crippen MR) is 80.7 cm³/mol. The van der Waals surface area contributed by atoms with Crippen molar-refractivity contribution in [1.82, 2.24) is 15.8 Å². The number of nitrogens with one attached hydrogen (secondary N) is 3. The minimum atomic E-state index is -0.287. The maximum atomic E-state index is 12.2. The van der Waals surface area contributed by atoms with Crippen LogP contribution >= 0.6 is 11.8 Å². The van der Waals surface area contributed by atoms with Gasteiger partial charge in [0.1, 0.15) is 11.3 Å². The molecule has 21 heavy (non-hydrogen) atoms. The fourth-order valence-corrected chi connectivity index (χ4v) is 3.27. The summed E-state index contributed by atoms with van der Waals surface area (Å²) in [6.07, 6.45) is 1.11. The molecule has 0 aliphatic carbocycles. The zero-order valence-electron chi connectivity index (χ0n) is 12.3. The largest absolute Gasteiger partial charge is 0.360 e. The third kappa shape index (κ3) is 4.47. The van der Waals surface area contributed by atoms with Crippen LogP contribution in [0.15, 0.2) is 10.6 Å². The number of amides is 2. The summed E-state index contributed by atoms with van der Waals surface area (Å²) < 4.78 is 4.92. The fraction of sp³-hybridized carbons (Fsp3) is 0.615. The summed E-state index contributed by atoms with van der Waals surface area (Å²) in [5.74, 6) is 0.901. The average Bonchev–Trinajstić information content (AvgIpc) is 2.80. The van der Waals surface area contributed by atoms with Gasteiger partial charge in [0, 0.05) is 18.5 Å². The van der Waals surface area contributed by atoms with Crippen molar-refractivity contribution in [3.05, 3.63) is 11.8 Å². The van der Waals surface area contributed by atoms with E-state index in [4.69, 9.17) is 4.52 Å². The van der Waals surface area contributed by atoms with E-state index < -0.39 is 0 Å². The average molecular weight is 312 g/mol. The number of carbonyl (C=O) groups excluding carboxylic acids is 2. The van der Waals surface area contributed by atoms with E-state index in [1.165, 1.54) is 11.8 Å². The second kappa shape index (κ2) is 6.95. The highest BCUT2D eigenvalue weighted by molar-refractivity contribution is 8.01. The van der Waals surface area contributed by atoms with Crippen molar-refractivity contribution in [3.63, 3.8) is 0 Å². The molecule has 2 rings (SSSR count). The SMILES string of the molecule is CCC(SC1NC(=O)CC(C)N1)C(=O)Nc1cc(C)on1. The molecule has 0 aromatic carbocycles. The number of aryl methyl sites for hydroxylation is 1. The first-order valence-electron chi connectivity index (χ1n) is 6.93. The van der Waals surface area contributed by atoms with E-state index >= 15 is 0 Å². The molecule has 1 saturated heterocycles. The summed E-state index contributed by atoms with van der Waals surface area (Å²) in [7, 11) is 0. The lowest BCUT2D eigenvalue weighted by molar-refractivity contribution is -0.123. The molecule has 0 bridgehead atoms. The van der Waals surface area contributed by atoms with Gasteiger partial charge in [-0.15, -0.1) is 11.8 Å². The van der Waals surface area contributed by atoms with Gasteiger partial charge in [0.2, 0.25) is 11.8 Å². The third-order valence-corrected chi connectivity index (χ3v) is 4.46. The standard InChI is InChI=1S/C13H20N4O3S/c1-4-9(12(19)15-10-6-8(3)20-17-10)21-13-14-7(2)5-11(18)16-13/h6-7,9,13-14H,4-5H2,1-3H3,(H,16,18)(H,15,17,19). The lowest BCUT2D eigenvalue weighted by Crippen LogP contribution is -2.54. The van der Waals surface area contributed by atoms with Crippen molar-refractivity contribution < 1.29 is 14.1 Å². The summed E-state index contributed by atoms with van der Waals surface area (Å²) in [5, 5.41) is 12.3. The highest BCUT2D eigenvalue weighted by atomic mass is 32.2. The Labute approximate surface area is 127 Å². The summed E-state index contributed by atoms with van der Waals surface area (Å²) in [5.41, 5.74) is -0.254. The first kappa shape index (κ1) is 15.8. The van der Waals surface area contributed by atoms with E-state index in [1.807, 2.05) is 13.8 Å². The van der Waals surface area contributed by atoms with Crippen LogP contribution in [-0.4, -0.2) is 33.8 Å². The maximum Gasteiger partial charge on any atom is 0.238 e. The molecule has 8 heteroatoms. The summed E-state index contributed by atoms with van der Waals surface area (Å²) in [6, 6.07) is 1.77. The van der Waals surface area contributed by atoms with Crippen LogP contribution < -0.4 is 16.0 Å². The predicted octanol–water partition coefficient (Wildman–Crippen LogP) is 1.21. The molecule has 1 fully saturated rings. The van der Waals surface area contributed by atoms with Gasteiger partial charge in [-0.3, -0.25) is 14.9 Å². The van der Waals surface area contributed by atoms with Gasteiger partial charge in [-0.25, -0.2) is 0 Å². The molecule has 1 aliphatic heterocycles. The summed E-state index contributed by atoms with van der Waals surface area (Å²) >= 11 is 1.39. The van der Waals surface area contributed by atoms with Gasteiger partial charge >= 0.3 is 0 Å². The highest BCUT2D eigenvalue weighted by Crippen LogP contribution is 2.22. The Kier molecular flexibility index (Phi) is 5.24. The minimum Gasteiger partial charge on any atom is -0.360 e. The molecule has 7 nitrogen and oxygen atoms in total. The van der Waals surface area contributed by atoms with E-state index in [0.29, 0.717) is 24.4 Å². The second-order valence-electron chi connectivity index (χ2n) is 5.06. The van der Waals surface area contributed by atoms with Gasteiger partial charge in [0.15, 0.2) is 5.82 Å². The topological polar surface area (TPSA) is 96.3 Å². The van der Waals surface area contributed by atoms with Crippen LogP contribution in [0.3, 0.4) is 0 Å². The molecule has 0 radical (unpaired) electrons. The van der Waals surface area contributed by atoms with Crippen LogP contribution in [-0.2, 0) is 9.59 Å². The molecule has 3 atom stereocenters. The Balaban J connectivity index is 1.92. The van der Waals surface area contributed by atoms with Crippen molar-refractivity contribution in [3.8, 4) is 0 Å². The van der Waals surface area contributed by atoms with Crippen LogP contribution in [0.4, 0.5) is 5.82 Å². The van der Waals surface area contributed by atoms with Gasteiger partial charge in [-0.05, 0) is 20.3 Å². The van der Waals surface area contributed by atoms with Gasteiger partial charge in [-0.2, -0.15) is 0 Å². The molecule has 0 spiro atoms. The van der Waals surface area contributed by atoms with Gasteiger partial charge in [0.05, 0.1) is 5.25 Å². The molecule has 3 N–H and O–H groups in total. The number of hydrogen-bond acceptors (Lipinski definition) is 6. The zero-order chi connectivity index (χ0) is 15.4. The first-order chi connectivity index (χ1) is 9.97. The number of rotatable bonds is 5. The molecular formula is C13H20N4O3S. The van der Waals surface area contributed by atoms with Gasteiger partial charge in [-0.1, -0.05) is 12.1 Å². The maximum absolute atomic E-state index is 12.2. The number of nitrogens with zero attached hydrogens (tertiary/aromatic N) is 1.